The second kappa shape index (κ2) is 5.87. The highest BCUT2D eigenvalue weighted by molar-refractivity contribution is 6.36. The first-order chi connectivity index (χ1) is 9.38. The van der Waals surface area contributed by atoms with Crippen molar-refractivity contribution in [1.82, 2.24) is 0 Å². The second-order valence-corrected chi connectivity index (χ2v) is 5.12. The maximum absolute atomic E-state index is 13.0. The molecule has 0 aliphatic carbocycles. The maximum atomic E-state index is 13.0. The lowest BCUT2D eigenvalue weighted by Crippen LogP contribution is -2.12. The van der Waals surface area contributed by atoms with Gasteiger partial charge in [0.25, 0.3) is 5.91 Å². The lowest BCUT2D eigenvalue weighted by atomic mass is 10.2. The Balaban J connectivity index is 2.30. The van der Waals surface area contributed by atoms with E-state index in [0.29, 0.717) is 0 Å². The van der Waals surface area contributed by atoms with Crippen molar-refractivity contribution in [3.8, 4) is 5.75 Å². The topological polar surface area (TPSA) is 49.3 Å². The van der Waals surface area contributed by atoms with E-state index in [9.17, 15) is 14.3 Å². The summed E-state index contributed by atoms with van der Waals surface area (Å²) < 4.78 is 13.0. The van der Waals surface area contributed by atoms with Crippen LogP contribution in [0.1, 0.15) is 10.4 Å². The van der Waals surface area contributed by atoms with Crippen LogP contribution in [0.2, 0.25) is 15.1 Å². The van der Waals surface area contributed by atoms with E-state index < -0.39 is 11.7 Å². The Hall–Kier alpha value is -1.49. The van der Waals surface area contributed by atoms with Gasteiger partial charge in [-0.15, -0.1) is 0 Å². The van der Waals surface area contributed by atoms with Crippen molar-refractivity contribution < 1.29 is 14.3 Å². The normalized spacial score (nSPS) is 10.4. The first-order valence-corrected chi connectivity index (χ1v) is 6.46. The van der Waals surface area contributed by atoms with Gasteiger partial charge in [0.05, 0.1) is 15.7 Å². The molecule has 104 valence electrons. The Morgan fingerprint density at radius 1 is 1.10 bits per heavy atom. The van der Waals surface area contributed by atoms with Crippen molar-refractivity contribution in [2.75, 3.05) is 5.32 Å². The van der Waals surface area contributed by atoms with Crippen molar-refractivity contribution in [2.24, 2.45) is 0 Å². The summed E-state index contributed by atoms with van der Waals surface area (Å²) in [4.78, 5) is 12.0. The predicted molar refractivity (Wildman–Crippen MR) is 77.5 cm³/mol. The van der Waals surface area contributed by atoms with Crippen molar-refractivity contribution >= 4 is 46.4 Å². The zero-order valence-electron chi connectivity index (χ0n) is 9.75. The van der Waals surface area contributed by atoms with Crippen molar-refractivity contribution in [2.45, 2.75) is 0 Å². The Morgan fingerprint density at radius 3 is 2.45 bits per heavy atom. The zero-order chi connectivity index (χ0) is 14.9. The third-order valence-electron chi connectivity index (χ3n) is 2.46. The molecule has 0 spiro atoms. The van der Waals surface area contributed by atoms with E-state index in [1.807, 2.05) is 0 Å². The molecule has 1 amide bonds. The van der Waals surface area contributed by atoms with Crippen LogP contribution in [0.5, 0.6) is 5.75 Å². The van der Waals surface area contributed by atoms with Gasteiger partial charge in [-0.1, -0.05) is 34.8 Å². The number of nitrogens with one attached hydrogen (secondary N) is 1. The fraction of sp³-hybridized carbons (Fsp3) is 0. The van der Waals surface area contributed by atoms with E-state index in [-0.39, 0.29) is 32.1 Å². The smallest absolute Gasteiger partial charge is 0.255 e. The SMILES string of the molecule is O=C(Nc1cc(Cl)cc(Cl)c1O)c1ccc(F)c(Cl)c1. The molecule has 0 aromatic heterocycles. The molecule has 0 radical (unpaired) electrons. The van der Waals surface area contributed by atoms with Crippen LogP contribution in [0.15, 0.2) is 30.3 Å². The highest BCUT2D eigenvalue weighted by atomic mass is 35.5. The monoisotopic (exact) mass is 333 g/mol. The molecule has 0 bridgehead atoms. The molecule has 3 nitrogen and oxygen atoms in total. The second-order valence-electron chi connectivity index (χ2n) is 3.87. The molecule has 0 unspecified atom stereocenters. The molecule has 0 saturated carbocycles. The molecule has 0 aliphatic rings. The predicted octanol–water partition coefficient (Wildman–Crippen LogP) is 4.74. The van der Waals surface area contributed by atoms with Gasteiger partial charge >= 0.3 is 0 Å². The summed E-state index contributed by atoms with van der Waals surface area (Å²) >= 11 is 17.1. The van der Waals surface area contributed by atoms with E-state index in [1.165, 1.54) is 24.3 Å². The number of benzene rings is 2. The minimum Gasteiger partial charge on any atom is -0.504 e. The summed E-state index contributed by atoms with van der Waals surface area (Å²) in [5.74, 6) is -1.52. The number of anilines is 1. The van der Waals surface area contributed by atoms with E-state index in [0.717, 1.165) is 6.07 Å². The van der Waals surface area contributed by atoms with Crippen molar-refractivity contribution in [3.63, 3.8) is 0 Å². The number of phenolic OH excluding ortho intramolecular Hbond substituents is 1. The summed E-state index contributed by atoms with van der Waals surface area (Å²) in [5, 5.41) is 12.2. The fourth-order valence-electron chi connectivity index (χ4n) is 1.49. The van der Waals surface area contributed by atoms with Crippen LogP contribution in [0.3, 0.4) is 0 Å². The molecule has 2 rings (SSSR count). The summed E-state index contributed by atoms with van der Waals surface area (Å²) in [6, 6.07) is 6.19. The van der Waals surface area contributed by atoms with Gasteiger partial charge in [-0.3, -0.25) is 4.79 Å². The van der Waals surface area contributed by atoms with Crippen LogP contribution in [-0.2, 0) is 0 Å². The number of carbonyl (C=O) groups excluding carboxylic acids is 1. The third-order valence-corrected chi connectivity index (χ3v) is 3.25. The molecule has 20 heavy (non-hydrogen) atoms. The molecule has 0 heterocycles. The summed E-state index contributed by atoms with van der Waals surface area (Å²) in [6.45, 7) is 0. The minimum absolute atomic E-state index is 0.00457. The van der Waals surface area contributed by atoms with Gasteiger partial charge < -0.3 is 10.4 Å². The third kappa shape index (κ3) is 3.15. The van der Waals surface area contributed by atoms with Gasteiger partial charge in [0.2, 0.25) is 0 Å². The molecule has 2 N–H and O–H groups in total. The summed E-state index contributed by atoms with van der Waals surface area (Å²) in [6.07, 6.45) is 0. The minimum atomic E-state index is -0.628. The Labute approximate surface area is 128 Å². The molecular weight excluding hydrogens is 328 g/mol. The van der Waals surface area contributed by atoms with E-state index in [1.54, 1.807) is 0 Å². The summed E-state index contributed by atoms with van der Waals surface area (Å²) in [5.41, 5.74) is 0.180. The number of aromatic hydroxyl groups is 1. The quantitative estimate of drug-likeness (QED) is 0.779. The number of halogens is 4. The van der Waals surface area contributed by atoms with Crippen LogP contribution >= 0.6 is 34.8 Å². The number of hydrogen-bond acceptors (Lipinski definition) is 2. The lowest BCUT2D eigenvalue weighted by molar-refractivity contribution is 0.102. The first-order valence-electron chi connectivity index (χ1n) is 5.33. The number of carbonyl (C=O) groups is 1. The standard InChI is InChI=1S/C13H7Cl3FNO2/c14-7-4-9(16)12(19)11(5-7)18-13(20)6-1-2-10(17)8(15)3-6/h1-5,19H,(H,18,20). The molecule has 0 atom stereocenters. The Kier molecular flexibility index (Phi) is 4.38. The number of phenols is 1. The number of amides is 1. The van der Waals surface area contributed by atoms with E-state index >= 15 is 0 Å². The highest BCUT2D eigenvalue weighted by Gasteiger charge is 2.13. The van der Waals surface area contributed by atoms with Gasteiger partial charge in [-0.2, -0.15) is 0 Å². The van der Waals surface area contributed by atoms with Crippen LogP contribution in [0.4, 0.5) is 10.1 Å². The molecular formula is C13H7Cl3FNO2. The molecule has 0 fully saturated rings. The van der Waals surface area contributed by atoms with Gasteiger partial charge in [-0.05, 0) is 30.3 Å². The molecule has 0 saturated heterocycles. The fourth-order valence-corrected chi connectivity index (χ4v) is 2.17. The van der Waals surface area contributed by atoms with Crippen LogP contribution in [0, 0.1) is 5.82 Å². The van der Waals surface area contributed by atoms with Gasteiger partial charge in [0, 0.05) is 10.6 Å². The molecule has 0 aliphatic heterocycles. The summed E-state index contributed by atoms with van der Waals surface area (Å²) in [7, 11) is 0. The lowest BCUT2D eigenvalue weighted by Gasteiger charge is -2.09. The Bertz CT molecular complexity index is 692. The van der Waals surface area contributed by atoms with E-state index in [4.69, 9.17) is 34.8 Å². The number of hydrogen-bond donors (Lipinski definition) is 2. The zero-order valence-corrected chi connectivity index (χ0v) is 12.0. The van der Waals surface area contributed by atoms with Crippen molar-refractivity contribution in [3.05, 3.63) is 56.8 Å². The highest BCUT2D eigenvalue weighted by Crippen LogP contribution is 2.35. The molecule has 2 aromatic rings. The van der Waals surface area contributed by atoms with Gasteiger partial charge in [0.15, 0.2) is 5.75 Å². The molecule has 7 heteroatoms. The van der Waals surface area contributed by atoms with Crippen LogP contribution in [0.25, 0.3) is 0 Å². The average molecular weight is 335 g/mol. The number of rotatable bonds is 2. The largest absolute Gasteiger partial charge is 0.504 e. The van der Waals surface area contributed by atoms with Crippen LogP contribution in [-0.4, -0.2) is 11.0 Å². The van der Waals surface area contributed by atoms with Crippen LogP contribution < -0.4 is 5.32 Å². The molecule has 2 aromatic carbocycles. The average Bonchev–Trinajstić information content (AvgIpc) is 2.38. The van der Waals surface area contributed by atoms with Gasteiger partial charge in [0.1, 0.15) is 5.82 Å². The first kappa shape index (κ1) is 14.9. The Morgan fingerprint density at radius 2 is 1.80 bits per heavy atom. The van der Waals surface area contributed by atoms with E-state index in [2.05, 4.69) is 5.32 Å². The maximum Gasteiger partial charge on any atom is 0.255 e. The van der Waals surface area contributed by atoms with Gasteiger partial charge in [-0.25, -0.2) is 4.39 Å². The van der Waals surface area contributed by atoms with Crippen molar-refractivity contribution in [1.29, 1.82) is 0 Å².